The topological polar surface area (TPSA) is 41.1 Å². The van der Waals surface area contributed by atoms with Crippen molar-refractivity contribution in [2.45, 2.75) is 26.3 Å². The van der Waals surface area contributed by atoms with E-state index in [2.05, 4.69) is 27.2 Å². The van der Waals surface area contributed by atoms with Crippen molar-refractivity contribution in [3.05, 3.63) is 23.3 Å². The zero-order valence-corrected chi connectivity index (χ0v) is 10.3. The molecule has 4 heteroatoms. The fourth-order valence-electron chi connectivity index (χ4n) is 2.24. The number of rotatable bonds is 2. The van der Waals surface area contributed by atoms with Gasteiger partial charge in [-0.25, -0.2) is 9.97 Å². The van der Waals surface area contributed by atoms with Gasteiger partial charge >= 0.3 is 0 Å². The summed E-state index contributed by atoms with van der Waals surface area (Å²) in [6, 6.07) is 2.50. The summed E-state index contributed by atoms with van der Waals surface area (Å²) in [5.41, 5.74) is 2.12. The Morgan fingerprint density at radius 2 is 2.06 bits per heavy atom. The van der Waals surface area contributed by atoms with Crippen LogP contribution in [0.2, 0.25) is 0 Å². The van der Waals surface area contributed by atoms with Crippen LogP contribution in [0.5, 0.6) is 0 Å². The molecule has 1 aliphatic heterocycles. The lowest BCUT2D eigenvalue weighted by Gasteiger charge is -2.30. The summed E-state index contributed by atoms with van der Waals surface area (Å²) in [4.78, 5) is 11.3. The van der Waals surface area contributed by atoms with Crippen molar-refractivity contribution in [2.75, 3.05) is 26.7 Å². The number of hydrogen-bond acceptors (Lipinski definition) is 4. The summed E-state index contributed by atoms with van der Waals surface area (Å²) in [6.45, 7) is 7.32. The van der Waals surface area contributed by atoms with E-state index in [0.717, 1.165) is 43.3 Å². The molecular formula is C12H20N4. The van der Waals surface area contributed by atoms with Gasteiger partial charge in [0.2, 0.25) is 0 Å². The van der Waals surface area contributed by atoms with Crippen LogP contribution in [0.3, 0.4) is 0 Å². The number of nitrogens with zero attached hydrogens (tertiary/aromatic N) is 3. The minimum absolute atomic E-state index is 0.486. The molecule has 1 aliphatic rings. The molecule has 1 aromatic heterocycles. The first-order valence-electron chi connectivity index (χ1n) is 5.86. The number of aryl methyl sites for hydroxylation is 2. The van der Waals surface area contributed by atoms with Crippen molar-refractivity contribution in [1.29, 1.82) is 0 Å². The van der Waals surface area contributed by atoms with Crippen molar-refractivity contribution in [1.82, 2.24) is 20.2 Å². The third kappa shape index (κ3) is 3.00. The molecule has 4 nitrogen and oxygen atoms in total. The highest BCUT2D eigenvalue weighted by atomic mass is 15.2. The Morgan fingerprint density at radius 1 is 1.38 bits per heavy atom. The summed E-state index contributed by atoms with van der Waals surface area (Å²) < 4.78 is 0. The van der Waals surface area contributed by atoms with Crippen LogP contribution < -0.4 is 5.32 Å². The van der Waals surface area contributed by atoms with Crippen molar-refractivity contribution >= 4 is 0 Å². The van der Waals surface area contributed by atoms with E-state index in [-0.39, 0.29) is 0 Å². The monoisotopic (exact) mass is 220 g/mol. The molecule has 1 aromatic rings. The molecule has 0 saturated carbocycles. The summed E-state index contributed by atoms with van der Waals surface area (Å²) in [6.07, 6.45) is 0.923. The number of hydrogen-bond donors (Lipinski definition) is 1. The van der Waals surface area contributed by atoms with Gasteiger partial charge in [-0.1, -0.05) is 0 Å². The predicted molar refractivity (Wildman–Crippen MR) is 64.5 cm³/mol. The van der Waals surface area contributed by atoms with Crippen LogP contribution in [0.4, 0.5) is 0 Å². The van der Waals surface area contributed by atoms with Crippen LogP contribution in [0.1, 0.15) is 17.2 Å². The molecule has 0 radical (unpaired) electrons. The SMILES string of the molecule is Cc1cc(C)nc(CC2CN(C)CCN2)n1. The molecule has 1 saturated heterocycles. The van der Waals surface area contributed by atoms with E-state index >= 15 is 0 Å². The molecule has 0 spiro atoms. The van der Waals surface area contributed by atoms with Crippen LogP contribution in [0.15, 0.2) is 6.07 Å². The summed E-state index contributed by atoms with van der Waals surface area (Å²) >= 11 is 0. The maximum atomic E-state index is 4.48. The Kier molecular flexibility index (Phi) is 3.51. The summed E-state index contributed by atoms with van der Waals surface area (Å²) in [7, 11) is 2.16. The first-order valence-corrected chi connectivity index (χ1v) is 5.86. The van der Waals surface area contributed by atoms with E-state index in [1.165, 1.54) is 0 Å². The number of piperazine rings is 1. The smallest absolute Gasteiger partial charge is 0.130 e. The lowest BCUT2D eigenvalue weighted by atomic mass is 10.1. The third-order valence-corrected chi connectivity index (χ3v) is 2.92. The van der Waals surface area contributed by atoms with Crippen LogP contribution in [-0.4, -0.2) is 47.6 Å². The summed E-state index contributed by atoms with van der Waals surface area (Å²) in [5.74, 6) is 0.963. The van der Waals surface area contributed by atoms with E-state index in [9.17, 15) is 0 Å². The molecule has 1 fully saturated rings. The van der Waals surface area contributed by atoms with Crippen molar-refractivity contribution in [2.24, 2.45) is 0 Å². The quantitative estimate of drug-likeness (QED) is 0.790. The number of likely N-dealkylation sites (N-methyl/N-ethyl adjacent to an activating group) is 1. The number of aromatic nitrogens is 2. The van der Waals surface area contributed by atoms with Gasteiger partial charge in [-0.3, -0.25) is 0 Å². The van der Waals surface area contributed by atoms with Gasteiger partial charge in [0, 0.05) is 43.5 Å². The lowest BCUT2D eigenvalue weighted by molar-refractivity contribution is 0.236. The maximum absolute atomic E-state index is 4.48. The van der Waals surface area contributed by atoms with Gasteiger partial charge in [-0.15, -0.1) is 0 Å². The standard InChI is InChI=1S/C12H20N4/c1-9-6-10(2)15-12(14-9)7-11-8-16(3)5-4-13-11/h6,11,13H,4-5,7-8H2,1-3H3. The van der Waals surface area contributed by atoms with Gasteiger partial charge in [-0.2, -0.15) is 0 Å². The van der Waals surface area contributed by atoms with Gasteiger partial charge in [0.1, 0.15) is 5.82 Å². The Hall–Kier alpha value is -1.00. The third-order valence-electron chi connectivity index (χ3n) is 2.92. The van der Waals surface area contributed by atoms with Gasteiger partial charge in [0.15, 0.2) is 0 Å². The second-order valence-electron chi connectivity index (χ2n) is 4.68. The highest BCUT2D eigenvalue weighted by Gasteiger charge is 2.17. The second kappa shape index (κ2) is 4.89. The van der Waals surface area contributed by atoms with Gasteiger partial charge in [-0.05, 0) is 27.0 Å². The van der Waals surface area contributed by atoms with Crippen molar-refractivity contribution in [3.63, 3.8) is 0 Å². The molecule has 1 N–H and O–H groups in total. The Morgan fingerprint density at radius 3 is 2.69 bits per heavy atom. The average Bonchev–Trinajstić information content (AvgIpc) is 2.15. The lowest BCUT2D eigenvalue weighted by Crippen LogP contribution is -2.50. The van der Waals surface area contributed by atoms with Crippen LogP contribution in [0, 0.1) is 13.8 Å². The second-order valence-corrected chi connectivity index (χ2v) is 4.68. The molecule has 1 atom stereocenters. The zero-order valence-electron chi connectivity index (χ0n) is 10.3. The van der Waals surface area contributed by atoms with E-state index in [4.69, 9.17) is 0 Å². The minimum atomic E-state index is 0.486. The normalized spacial score (nSPS) is 22.3. The first kappa shape index (κ1) is 11.5. The molecule has 0 aliphatic carbocycles. The fraction of sp³-hybridized carbons (Fsp3) is 0.667. The predicted octanol–water partition coefficient (Wildman–Crippen LogP) is 0.540. The van der Waals surface area contributed by atoms with Gasteiger partial charge in [0.05, 0.1) is 0 Å². The van der Waals surface area contributed by atoms with Gasteiger partial charge in [0.25, 0.3) is 0 Å². The largest absolute Gasteiger partial charge is 0.311 e. The highest BCUT2D eigenvalue weighted by Crippen LogP contribution is 2.05. The van der Waals surface area contributed by atoms with Crippen LogP contribution in [0.25, 0.3) is 0 Å². The maximum Gasteiger partial charge on any atom is 0.130 e. The molecule has 16 heavy (non-hydrogen) atoms. The molecule has 2 rings (SSSR count). The van der Waals surface area contributed by atoms with Crippen molar-refractivity contribution < 1.29 is 0 Å². The molecule has 0 amide bonds. The number of nitrogens with one attached hydrogen (secondary N) is 1. The molecule has 88 valence electrons. The molecule has 2 heterocycles. The van der Waals surface area contributed by atoms with Crippen LogP contribution in [-0.2, 0) is 6.42 Å². The Bertz CT molecular complexity index is 344. The minimum Gasteiger partial charge on any atom is -0.311 e. The molecule has 1 unspecified atom stereocenters. The molecule has 0 bridgehead atoms. The van der Waals surface area contributed by atoms with E-state index < -0.39 is 0 Å². The van der Waals surface area contributed by atoms with E-state index in [0.29, 0.717) is 6.04 Å². The Balaban J connectivity index is 2.02. The molecular weight excluding hydrogens is 200 g/mol. The summed E-state index contributed by atoms with van der Waals surface area (Å²) in [5, 5.41) is 3.52. The molecule has 0 aromatic carbocycles. The first-order chi connectivity index (χ1) is 7.63. The Labute approximate surface area is 97.1 Å². The van der Waals surface area contributed by atoms with E-state index in [1.807, 2.05) is 19.9 Å². The highest BCUT2D eigenvalue weighted by molar-refractivity contribution is 5.09. The van der Waals surface area contributed by atoms with E-state index in [1.54, 1.807) is 0 Å². The van der Waals surface area contributed by atoms with Crippen molar-refractivity contribution in [3.8, 4) is 0 Å². The fourth-order valence-corrected chi connectivity index (χ4v) is 2.24. The zero-order chi connectivity index (χ0) is 11.5. The van der Waals surface area contributed by atoms with Gasteiger partial charge < -0.3 is 10.2 Å². The van der Waals surface area contributed by atoms with Crippen LogP contribution >= 0.6 is 0 Å². The average molecular weight is 220 g/mol.